The molecule has 0 unspecified atom stereocenters. The fourth-order valence-corrected chi connectivity index (χ4v) is 1.80. The Morgan fingerprint density at radius 1 is 1.29 bits per heavy atom. The predicted octanol–water partition coefficient (Wildman–Crippen LogP) is 0.891. The Hall–Kier alpha value is -0.635. The van der Waals surface area contributed by atoms with Gasteiger partial charge < -0.3 is 10.0 Å². The van der Waals surface area contributed by atoms with Gasteiger partial charge in [-0.05, 0) is 19.8 Å². The molecule has 0 aromatic rings. The molecule has 4 heteroatoms. The van der Waals surface area contributed by atoms with Crippen LogP contribution in [0.2, 0.25) is 0 Å². The zero-order valence-electron chi connectivity index (χ0n) is 8.71. The molecule has 3 nitrogen and oxygen atoms in total. The van der Waals surface area contributed by atoms with E-state index in [0.29, 0.717) is 0 Å². The molecule has 0 aromatic carbocycles. The average molecular weight is 194 g/mol. The van der Waals surface area contributed by atoms with Gasteiger partial charge in [0.15, 0.2) is 0 Å². The van der Waals surface area contributed by atoms with Crippen LogP contribution in [0.3, 0.4) is 0 Å². The van der Waals surface area contributed by atoms with E-state index in [-0.39, 0.29) is 23.9 Å². The summed E-state index contributed by atoms with van der Waals surface area (Å²) in [6, 6.07) is 0. The Bertz CT molecular complexity index is 212. The lowest BCUT2D eigenvalue weighted by atomic mass is 9.73. The number of Topliss-reactive ketones (excluding diaryl/α,β-unsaturated/α-hetero) is 1. The van der Waals surface area contributed by atoms with E-state index < -0.39 is 0 Å². The SMILES string of the molecule is CC(=O)CN[B]C(=O)C1CCCCC1. The maximum Gasteiger partial charge on any atom is 0.295 e. The van der Waals surface area contributed by atoms with Crippen molar-refractivity contribution < 1.29 is 9.59 Å². The monoisotopic (exact) mass is 194 g/mol. The van der Waals surface area contributed by atoms with Gasteiger partial charge in [-0.3, -0.25) is 4.79 Å². The smallest absolute Gasteiger partial charge is 0.295 e. The zero-order valence-corrected chi connectivity index (χ0v) is 8.71. The van der Waals surface area contributed by atoms with E-state index in [9.17, 15) is 9.59 Å². The van der Waals surface area contributed by atoms with E-state index in [2.05, 4.69) is 5.23 Å². The number of hydrogen-bond acceptors (Lipinski definition) is 3. The number of carbonyl (C=O) groups is 2. The van der Waals surface area contributed by atoms with Crippen molar-refractivity contribution in [3.8, 4) is 0 Å². The van der Waals surface area contributed by atoms with E-state index in [1.54, 1.807) is 0 Å². The van der Waals surface area contributed by atoms with Crippen LogP contribution in [0.4, 0.5) is 0 Å². The van der Waals surface area contributed by atoms with Gasteiger partial charge in [-0.2, -0.15) is 0 Å². The molecule has 0 atom stereocenters. The van der Waals surface area contributed by atoms with Gasteiger partial charge >= 0.3 is 0 Å². The van der Waals surface area contributed by atoms with Gasteiger partial charge in [0.25, 0.3) is 7.41 Å². The Kier molecular flexibility index (Phi) is 4.87. The molecule has 1 radical (unpaired) electrons. The number of ketones is 1. The van der Waals surface area contributed by atoms with Crippen molar-refractivity contribution in [2.24, 2.45) is 5.92 Å². The van der Waals surface area contributed by atoms with Crippen molar-refractivity contribution >= 4 is 18.9 Å². The Morgan fingerprint density at radius 2 is 1.93 bits per heavy atom. The average Bonchev–Trinajstić information content (AvgIpc) is 2.18. The number of carbonyl (C=O) groups excluding carboxylic acids is 2. The topological polar surface area (TPSA) is 46.2 Å². The van der Waals surface area contributed by atoms with Crippen molar-refractivity contribution in [2.45, 2.75) is 39.0 Å². The Morgan fingerprint density at radius 3 is 2.50 bits per heavy atom. The molecule has 1 aliphatic rings. The summed E-state index contributed by atoms with van der Waals surface area (Å²) in [5.41, 5.74) is 0.158. The van der Waals surface area contributed by atoms with E-state index >= 15 is 0 Å². The molecule has 0 amide bonds. The summed E-state index contributed by atoms with van der Waals surface area (Å²) in [7, 11) is 1.47. The van der Waals surface area contributed by atoms with E-state index in [4.69, 9.17) is 0 Å². The van der Waals surface area contributed by atoms with E-state index in [1.165, 1.54) is 20.8 Å². The lowest BCUT2D eigenvalue weighted by molar-refractivity contribution is -0.116. The lowest BCUT2D eigenvalue weighted by Gasteiger charge is -2.19. The highest BCUT2D eigenvalue weighted by atomic mass is 16.1. The van der Waals surface area contributed by atoms with Crippen molar-refractivity contribution in [1.82, 2.24) is 5.23 Å². The fourth-order valence-electron chi connectivity index (χ4n) is 1.80. The van der Waals surface area contributed by atoms with Gasteiger partial charge in [-0.15, -0.1) is 0 Å². The number of rotatable bonds is 5. The number of hydrogen-bond donors (Lipinski definition) is 1. The molecular weight excluding hydrogens is 177 g/mol. The second-order valence-electron chi connectivity index (χ2n) is 3.96. The third-order valence-electron chi connectivity index (χ3n) is 2.60. The van der Waals surface area contributed by atoms with Gasteiger partial charge in [-0.25, -0.2) is 0 Å². The maximum atomic E-state index is 11.6. The highest BCUT2D eigenvalue weighted by molar-refractivity contribution is 6.72. The highest BCUT2D eigenvalue weighted by Crippen LogP contribution is 2.23. The quantitative estimate of drug-likeness (QED) is 0.661. The minimum Gasteiger partial charge on any atom is -0.347 e. The van der Waals surface area contributed by atoms with Gasteiger partial charge in [0, 0.05) is 12.5 Å². The van der Waals surface area contributed by atoms with Crippen LogP contribution in [-0.2, 0) is 9.59 Å². The molecule has 1 rings (SSSR count). The molecule has 1 saturated carbocycles. The second-order valence-corrected chi connectivity index (χ2v) is 3.96. The summed E-state index contributed by atoms with van der Waals surface area (Å²) in [4.78, 5) is 22.2. The van der Waals surface area contributed by atoms with Crippen LogP contribution in [0.25, 0.3) is 0 Å². The van der Waals surface area contributed by atoms with Crippen molar-refractivity contribution in [3.05, 3.63) is 0 Å². The Balaban J connectivity index is 2.16. The summed E-state index contributed by atoms with van der Waals surface area (Å²) in [6.45, 7) is 1.77. The van der Waals surface area contributed by atoms with Gasteiger partial charge in [0.05, 0.1) is 0 Å². The van der Waals surface area contributed by atoms with Crippen molar-refractivity contribution in [2.75, 3.05) is 6.54 Å². The maximum absolute atomic E-state index is 11.6. The molecule has 1 fully saturated rings. The summed E-state index contributed by atoms with van der Waals surface area (Å²) in [5, 5.41) is 2.76. The molecule has 0 saturated heterocycles. The first kappa shape index (κ1) is 11.4. The lowest BCUT2D eigenvalue weighted by Crippen LogP contribution is -2.35. The minimum absolute atomic E-state index is 0.0534. The standard InChI is InChI=1S/C10H17BNO2/c1-8(13)7-12-11-10(14)9-5-3-2-4-6-9/h9,12H,2-7H2,1H3. The van der Waals surface area contributed by atoms with Gasteiger partial charge in [0.2, 0.25) is 0 Å². The minimum atomic E-state index is 0.0534. The molecular formula is C10H17BNO2. The van der Waals surface area contributed by atoms with Crippen LogP contribution in [0.1, 0.15) is 39.0 Å². The molecule has 14 heavy (non-hydrogen) atoms. The van der Waals surface area contributed by atoms with E-state index in [1.807, 2.05) is 0 Å². The van der Waals surface area contributed by atoms with Crippen molar-refractivity contribution in [3.63, 3.8) is 0 Å². The molecule has 0 heterocycles. The molecule has 0 aliphatic heterocycles. The van der Waals surface area contributed by atoms with Crippen LogP contribution in [-0.4, -0.2) is 25.4 Å². The van der Waals surface area contributed by atoms with Gasteiger partial charge in [-0.1, -0.05) is 19.3 Å². The molecule has 0 spiro atoms. The molecule has 1 N–H and O–H groups in total. The molecule has 1 aliphatic carbocycles. The van der Waals surface area contributed by atoms with Crippen LogP contribution >= 0.6 is 0 Å². The summed E-state index contributed by atoms with van der Waals surface area (Å²) in [5.74, 6) is 0.251. The normalized spacial score (nSPS) is 17.8. The third-order valence-corrected chi connectivity index (χ3v) is 2.60. The summed E-state index contributed by atoms with van der Waals surface area (Å²) < 4.78 is 0. The first-order valence-electron chi connectivity index (χ1n) is 5.30. The highest BCUT2D eigenvalue weighted by Gasteiger charge is 2.21. The van der Waals surface area contributed by atoms with Crippen LogP contribution in [0.15, 0.2) is 0 Å². The first-order valence-corrected chi connectivity index (χ1v) is 5.30. The van der Waals surface area contributed by atoms with Crippen LogP contribution in [0, 0.1) is 5.92 Å². The van der Waals surface area contributed by atoms with Crippen LogP contribution in [0.5, 0.6) is 0 Å². The molecule has 0 aromatic heterocycles. The third kappa shape index (κ3) is 4.05. The van der Waals surface area contributed by atoms with Crippen LogP contribution < -0.4 is 5.23 Å². The Labute approximate surface area is 85.9 Å². The summed E-state index contributed by atoms with van der Waals surface area (Å²) >= 11 is 0. The molecule has 0 bridgehead atoms. The first-order chi connectivity index (χ1) is 6.70. The predicted molar refractivity (Wildman–Crippen MR) is 56.0 cm³/mol. The number of nitrogens with one attached hydrogen (secondary N) is 1. The van der Waals surface area contributed by atoms with E-state index in [0.717, 1.165) is 25.7 Å². The second kappa shape index (κ2) is 5.96. The zero-order chi connectivity index (χ0) is 10.4. The van der Waals surface area contributed by atoms with Gasteiger partial charge in [0.1, 0.15) is 11.5 Å². The largest absolute Gasteiger partial charge is 0.347 e. The fraction of sp³-hybridized carbons (Fsp3) is 0.800. The van der Waals surface area contributed by atoms with Crippen molar-refractivity contribution in [1.29, 1.82) is 0 Å². The summed E-state index contributed by atoms with van der Waals surface area (Å²) in [6.07, 6.45) is 5.60. The molecule has 77 valence electrons.